The summed E-state index contributed by atoms with van der Waals surface area (Å²) in [5.41, 5.74) is 3.63. The topological polar surface area (TPSA) is 146 Å². The van der Waals surface area contributed by atoms with E-state index in [0.29, 0.717) is 53.9 Å². The fourth-order valence-electron chi connectivity index (χ4n) is 5.28. The van der Waals surface area contributed by atoms with Gasteiger partial charge in [0, 0.05) is 47.7 Å². The maximum Gasteiger partial charge on any atom is 0.251 e. The summed E-state index contributed by atoms with van der Waals surface area (Å²) < 4.78 is 36.8. The van der Waals surface area contributed by atoms with Crippen molar-refractivity contribution >= 4 is 50.7 Å². The molecular weight excluding hydrogens is 651 g/mol. The molecule has 5 rings (SSSR count). The molecule has 1 aliphatic rings. The summed E-state index contributed by atoms with van der Waals surface area (Å²) in [4.78, 5) is 29.8. The first-order valence-electron chi connectivity index (χ1n) is 14.6. The molecule has 2 aromatic carbocycles. The highest BCUT2D eigenvalue weighted by atomic mass is 35.5. The number of imidazole rings is 1. The lowest BCUT2D eigenvalue weighted by molar-refractivity contribution is -0.124. The van der Waals surface area contributed by atoms with E-state index in [1.807, 2.05) is 36.6 Å². The van der Waals surface area contributed by atoms with Gasteiger partial charge in [-0.1, -0.05) is 23.2 Å². The zero-order chi connectivity index (χ0) is 33.0. The van der Waals surface area contributed by atoms with Crippen LogP contribution in [0.25, 0.3) is 5.65 Å². The second-order valence-electron chi connectivity index (χ2n) is 10.8. The summed E-state index contributed by atoms with van der Waals surface area (Å²) in [6, 6.07) is 13.7. The molecule has 2 amide bonds. The minimum Gasteiger partial charge on any atom is -0.485 e. The number of hydrogen-bond donors (Lipinski definition) is 2. The van der Waals surface area contributed by atoms with Crippen molar-refractivity contribution in [1.29, 1.82) is 5.26 Å². The maximum absolute atomic E-state index is 13.8. The number of pyridine rings is 1. The largest absolute Gasteiger partial charge is 0.485 e. The molecule has 1 aliphatic heterocycles. The van der Waals surface area contributed by atoms with Gasteiger partial charge in [-0.25, -0.2) is 13.4 Å². The van der Waals surface area contributed by atoms with Crippen LogP contribution in [0.3, 0.4) is 0 Å². The zero-order valence-corrected chi connectivity index (χ0v) is 27.5. The molecule has 0 radical (unpaired) electrons. The Kier molecular flexibility index (Phi) is 10.2. The normalized spacial score (nSPS) is 15.1. The van der Waals surface area contributed by atoms with Crippen LogP contribution in [0, 0.1) is 25.2 Å². The standard InChI is InChI=1S/C32H32Cl2N6O5S/c1-20-21(2)39-16-4-7-27(30(39)38-20)45-19-24-25(33)12-13-28(29(24)34)46(43,44)40-17-3-6-26(40)32(42)37-15-5-14-36-31(41)23-10-8-22(18-35)9-11-23/h4,7-13,16,26H,3,5-6,14-15,17,19H2,1-2H3,(H,36,41)(H,37,42)/t26-/m0/s1. The summed E-state index contributed by atoms with van der Waals surface area (Å²) in [6.07, 6.45) is 3.18. The number of nitrogens with one attached hydrogen (secondary N) is 2. The van der Waals surface area contributed by atoms with Crippen molar-refractivity contribution < 1.29 is 22.7 Å². The molecule has 0 spiro atoms. The number of amides is 2. The average Bonchev–Trinajstić information content (AvgIpc) is 3.66. The van der Waals surface area contributed by atoms with Crippen LogP contribution in [0.15, 0.2) is 59.6 Å². The number of fused-ring (bicyclic) bond motifs is 1. The molecule has 0 bridgehead atoms. The second-order valence-corrected chi connectivity index (χ2v) is 13.5. The van der Waals surface area contributed by atoms with Gasteiger partial charge in [-0.15, -0.1) is 0 Å². The molecule has 0 saturated carbocycles. The second kappa shape index (κ2) is 14.1. The van der Waals surface area contributed by atoms with Crippen LogP contribution in [0.2, 0.25) is 10.0 Å². The van der Waals surface area contributed by atoms with Gasteiger partial charge in [-0.2, -0.15) is 9.57 Å². The van der Waals surface area contributed by atoms with Crippen molar-refractivity contribution in [3.05, 3.63) is 92.9 Å². The van der Waals surface area contributed by atoms with E-state index >= 15 is 0 Å². The molecule has 1 saturated heterocycles. The zero-order valence-electron chi connectivity index (χ0n) is 25.2. The summed E-state index contributed by atoms with van der Waals surface area (Å²) in [5.74, 6) is -0.229. The molecule has 1 atom stereocenters. The van der Waals surface area contributed by atoms with E-state index in [2.05, 4.69) is 15.6 Å². The van der Waals surface area contributed by atoms with Crippen LogP contribution < -0.4 is 15.4 Å². The number of sulfonamides is 1. The van der Waals surface area contributed by atoms with E-state index < -0.39 is 22.0 Å². The van der Waals surface area contributed by atoms with Gasteiger partial charge in [0.2, 0.25) is 15.9 Å². The Hall–Kier alpha value is -4.15. The summed E-state index contributed by atoms with van der Waals surface area (Å²) in [5, 5.41) is 14.6. The number of hydrogen-bond acceptors (Lipinski definition) is 7. The maximum atomic E-state index is 13.8. The third-order valence-electron chi connectivity index (χ3n) is 7.92. The van der Waals surface area contributed by atoms with Crippen molar-refractivity contribution in [3.8, 4) is 11.8 Å². The number of carbonyl (C=O) groups excluding carboxylic acids is 2. The van der Waals surface area contributed by atoms with Gasteiger partial charge in [0.1, 0.15) is 17.5 Å². The highest BCUT2D eigenvalue weighted by Gasteiger charge is 2.40. The highest BCUT2D eigenvalue weighted by molar-refractivity contribution is 7.89. The number of rotatable bonds is 11. The molecule has 2 aromatic heterocycles. The number of aromatic nitrogens is 2. The van der Waals surface area contributed by atoms with Crippen molar-refractivity contribution in [2.45, 2.75) is 50.7 Å². The van der Waals surface area contributed by atoms with Crippen LogP contribution in [0.4, 0.5) is 0 Å². The van der Waals surface area contributed by atoms with Crippen molar-refractivity contribution in [3.63, 3.8) is 0 Å². The lowest BCUT2D eigenvalue weighted by atomic mass is 10.1. The van der Waals surface area contributed by atoms with Gasteiger partial charge in [-0.3, -0.25) is 9.59 Å². The fourth-order valence-corrected chi connectivity index (χ4v) is 7.80. The van der Waals surface area contributed by atoms with Crippen molar-refractivity contribution in [2.75, 3.05) is 19.6 Å². The molecule has 4 aromatic rings. The Balaban J connectivity index is 1.21. The number of nitrogens with zero attached hydrogens (tertiary/aromatic N) is 4. The van der Waals surface area contributed by atoms with Gasteiger partial charge >= 0.3 is 0 Å². The lowest BCUT2D eigenvalue weighted by Gasteiger charge is -2.24. The van der Waals surface area contributed by atoms with E-state index in [9.17, 15) is 18.0 Å². The number of carbonyl (C=O) groups is 2. The summed E-state index contributed by atoms with van der Waals surface area (Å²) in [6.45, 7) is 4.45. The van der Waals surface area contributed by atoms with Gasteiger partial charge in [0.15, 0.2) is 11.4 Å². The molecule has 0 unspecified atom stereocenters. The first-order chi connectivity index (χ1) is 22.0. The van der Waals surface area contributed by atoms with Gasteiger partial charge in [0.05, 0.1) is 22.3 Å². The molecule has 3 heterocycles. The predicted octanol–water partition coefficient (Wildman–Crippen LogP) is 4.80. The van der Waals surface area contributed by atoms with Crippen LogP contribution in [0.1, 0.15) is 52.1 Å². The molecule has 14 heteroatoms. The molecule has 11 nitrogen and oxygen atoms in total. The number of nitriles is 1. The Labute approximate surface area is 277 Å². The third kappa shape index (κ3) is 6.83. The minimum absolute atomic E-state index is 0.0702. The number of benzene rings is 2. The van der Waals surface area contributed by atoms with Gasteiger partial charge in [-0.05, 0) is 81.6 Å². The number of halogens is 2. The first kappa shape index (κ1) is 33.2. The first-order valence-corrected chi connectivity index (χ1v) is 16.8. The lowest BCUT2D eigenvalue weighted by Crippen LogP contribution is -2.46. The Morgan fingerprint density at radius 2 is 1.83 bits per heavy atom. The Morgan fingerprint density at radius 1 is 1.09 bits per heavy atom. The average molecular weight is 684 g/mol. The Bertz CT molecular complexity index is 1940. The SMILES string of the molecule is Cc1nc2c(OCc3c(Cl)ccc(S(=O)(=O)N4CCC[C@H]4C(=O)NCCCNC(=O)c4ccc(C#N)cc4)c3Cl)cccn2c1C. The molecule has 2 N–H and O–H groups in total. The smallest absolute Gasteiger partial charge is 0.251 e. The molecular formula is C32H32Cl2N6O5S. The Morgan fingerprint density at radius 3 is 2.57 bits per heavy atom. The van der Waals surface area contributed by atoms with Crippen LogP contribution >= 0.6 is 23.2 Å². The van der Waals surface area contributed by atoms with E-state index in [1.54, 1.807) is 30.3 Å². The van der Waals surface area contributed by atoms with Crippen LogP contribution in [-0.2, 0) is 21.4 Å². The minimum atomic E-state index is -4.17. The predicted molar refractivity (Wildman–Crippen MR) is 173 cm³/mol. The number of ether oxygens (including phenoxy) is 1. The van der Waals surface area contributed by atoms with E-state index in [4.69, 9.17) is 33.2 Å². The third-order valence-corrected chi connectivity index (χ3v) is 10.8. The summed E-state index contributed by atoms with van der Waals surface area (Å²) >= 11 is 13.1. The molecule has 46 heavy (non-hydrogen) atoms. The van der Waals surface area contributed by atoms with E-state index in [-0.39, 0.29) is 40.5 Å². The number of aryl methyl sites for hydroxylation is 2. The molecule has 240 valence electrons. The van der Waals surface area contributed by atoms with Gasteiger partial charge in [0.25, 0.3) is 5.91 Å². The monoisotopic (exact) mass is 682 g/mol. The van der Waals surface area contributed by atoms with Crippen molar-refractivity contribution in [1.82, 2.24) is 24.3 Å². The fraction of sp³-hybridized carbons (Fsp3) is 0.312. The van der Waals surface area contributed by atoms with Crippen LogP contribution in [-0.4, -0.2) is 59.6 Å². The van der Waals surface area contributed by atoms with Crippen LogP contribution in [0.5, 0.6) is 5.75 Å². The van der Waals surface area contributed by atoms with Crippen molar-refractivity contribution in [2.24, 2.45) is 0 Å². The summed E-state index contributed by atoms with van der Waals surface area (Å²) in [7, 11) is -4.17. The van der Waals surface area contributed by atoms with E-state index in [0.717, 1.165) is 11.4 Å². The van der Waals surface area contributed by atoms with E-state index in [1.165, 1.54) is 16.4 Å². The quantitative estimate of drug-likeness (QED) is 0.216. The molecule has 1 fully saturated rings. The highest BCUT2D eigenvalue weighted by Crippen LogP contribution is 2.36. The van der Waals surface area contributed by atoms with Gasteiger partial charge < -0.3 is 19.8 Å². The molecule has 0 aliphatic carbocycles.